The molecule has 2 heterocycles. The Morgan fingerprint density at radius 3 is 2.93 bits per heavy atom. The molecule has 1 aliphatic rings. The molecule has 3 aromatic rings. The summed E-state index contributed by atoms with van der Waals surface area (Å²) in [6.45, 7) is 1.92. The van der Waals surface area contributed by atoms with Crippen molar-refractivity contribution in [2.45, 2.75) is 18.2 Å². The summed E-state index contributed by atoms with van der Waals surface area (Å²) < 4.78 is 0. The van der Waals surface area contributed by atoms with Gasteiger partial charge < -0.3 is 5.32 Å². The highest BCUT2D eigenvalue weighted by Crippen LogP contribution is 2.32. The molecule has 5 nitrogen and oxygen atoms in total. The molecule has 0 atom stereocenters. The molecule has 28 heavy (non-hydrogen) atoms. The predicted molar refractivity (Wildman–Crippen MR) is 115 cm³/mol. The number of anilines is 2. The van der Waals surface area contributed by atoms with E-state index in [0.717, 1.165) is 26.1 Å². The van der Waals surface area contributed by atoms with Crippen molar-refractivity contribution in [3.05, 3.63) is 69.2 Å². The Morgan fingerprint density at radius 2 is 2.11 bits per heavy atom. The molecule has 0 fully saturated rings. The van der Waals surface area contributed by atoms with Gasteiger partial charge in [0.2, 0.25) is 5.91 Å². The van der Waals surface area contributed by atoms with Crippen molar-refractivity contribution in [2.75, 3.05) is 16.4 Å². The summed E-state index contributed by atoms with van der Waals surface area (Å²) in [6.07, 6.45) is 0.668. The topological polar surface area (TPSA) is 71.1 Å². The van der Waals surface area contributed by atoms with Gasteiger partial charge in [0.15, 0.2) is 5.13 Å². The number of amides is 2. The Hall–Kier alpha value is -2.35. The molecule has 8 heteroatoms. The van der Waals surface area contributed by atoms with Crippen LogP contribution in [0.3, 0.4) is 0 Å². The van der Waals surface area contributed by atoms with E-state index in [1.165, 1.54) is 23.1 Å². The van der Waals surface area contributed by atoms with E-state index in [2.05, 4.69) is 15.6 Å². The molecule has 0 bridgehead atoms. The fourth-order valence-corrected chi connectivity index (χ4v) is 4.83. The Bertz CT molecular complexity index is 1080. The zero-order chi connectivity index (χ0) is 19.7. The normalized spacial score (nSPS) is 13.0. The maximum Gasteiger partial charge on any atom is 0.257 e. The average Bonchev–Trinajstić information content (AvgIpc) is 3.01. The first kappa shape index (κ1) is 19.0. The Balaban J connectivity index is 1.50. The number of benzene rings is 2. The van der Waals surface area contributed by atoms with E-state index in [-0.39, 0.29) is 11.8 Å². The number of aromatic nitrogens is 1. The van der Waals surface area contributed by atoms with Crippen molar-refractivity contribution in [2.24, 2.45) is 0 Å². The molecule has 0 spiro atoms. The number of thiazole rings is 1. The van der Waals surface area contributed by atoms with Gasteiger partial charge in [-0.25, -0.2) is 4.98 Å². The zero-order valence-electron chi connectivity index (χ0n) is 14.9. The van der Waals surface area contributed by atoms with E-state index in [9.17, 15) is 9.59 Å². The molecule has 142 valence electrons. The van der Waals surface area contributed by atoms with Crippen molar-refractivity contribution in [1.82, 2.24) is 4.98 Å². The standard InChI is InChI=1S/C20H16ClN3O2S2/c1-11-17(9-12-4-2-3-5-14(12)21)28-20(22-11)24-19(26)13-6-7-16-15(8-13)23-18(25)10-27-16/h2-8H,9-10H2,1H3,(H,23,25)(H,22,24,26). The minimum Gasteiger partial charge on any atom is -0.324 e. The Morgan fingerprint density at radius 1 is 1.29 bits per heavy atom. The summed E-state index contributed by atoms with van der Waals surface area (Å²) >= 11 is 9.15. The van der Waals surface area contributed by atoms with Crippen molar-refractivity contribution in [1.29, 1.82) is 0 Å². The number of hydrogen-bond acceptors (Lipinski definition) is 5. The highest BCUT2D eigenvalue weighted by atomic mass is 35.5. The van der Waals surface area contributed by atoms with Crippen molar-refractivity contribution < 1.29 is 9.59 Å². The van der Waals surface area contributed by atoms with Crippen molar-refractivity contribution >= 4 is 57.3 Å². The van der Waals surface area contributed by atoms with Crippen LogP contribution in [-0.2, 0) is 11.2 Å². The lowest BCUT2D eigenvalue weighted by Gasteiger charge is -2.16. The summed E-state index contributed by atoms with van der Waals surface area (Å²) in [7, 11) is 0. The van der Waals surface area contributed by atoms with E-state index in [1.54, 1.807) is 12.1 Å². The molecular formula is C20H16ClN3O2S2. The van der Waals surface area contributed by atoms with Gasteiger partial charge >= 0.3 is 0 Å². The number of halogens is 1. The summed E-state index contributed by atoms with van der Waals surface area (Å²) in [6, 6.07) is 13.0. The highest BCUT2D eigenvalue weighted by molar-refractivity contribution is 8.00. The van der Waals surface area contributed by atoms with Gasteiger partial charge in [-0.3, -0.25) is 14.9 Å². The summed E-state index contributed by atoms with van der Waals surface area (Å²) in [5, 5.41) is 6.91. The molecule has 0 aliphatic carbocycles. The van der Waals surface area contributed by atoms with E-state index in [0.29, 0.717) is 28.6 Å². The van der Waals surface area contributed by atoms with Gasteiger partial charge in [-0.05, 0) is 36.8 Å². The maximum absolute atomic E-state index is 12.6. The van der Waals surface area contributed by atoms with Crippen LogP contribution < -0.4 is 10.6 Å². The van der Waals surface area contributed by atoms with Crippen LogP contribution in [0.25, 0.3) is 0 Å². The molecule has 2 N–H and O–H groups in total. The number of thioether (sulfide) groups is 1. The maximum atomic E-state index is 12.6. The lowest BCUT2D eigenvalue weighted by Crippen LogP contribution is -2.19. The second-order valence-electron chi connectivity index (χ2n) is 6.30. The van der Waals surface area contributed by atoms with Crippen LogP contribution in [0.15, 0.2) is 47.4 Å². The SMILES string of the molecule is Cc1nc(NC(=O)c2ccc3c(c2)NC(=O)CS3)sc1Cc1ccccc1Cl. The molecule has 1 aliphatic heterocycles. The molecule has 2 amide bonds. The minimum atomic E-state index is -0.259. The number of hydrogen-bond donors (Lipinski definition) is 2. The van der Waals surface area contributed by atoms with Gasteiger partial charge in [-0.2, -0.15) is 0 Å². The van der Waals surface area contributed by atoms with Crippen LogP contribution in [0.4, 0.5) is 10.8 Å². The Labute approximate surface area is 175 Å². The number of aryl methyl sites for hydroxylation is 1. The molecule has 0 saturated carbocycles. The van der Waals surface area contributed by atoms with E-state index < -0.39 is 0 Å². The third-order valence-electron chi connectivity index (χ3n) is 4.30. The number of carbonyl (C=O) groups is 2. The predicted octanol–water partition coefficient (Wildman–Crippen LogP) is 4.99. The smallest absolute Gasteiger partial charge is 0.257 e. The summed E-state index contributed by atoms with van der Waals surface area (Å²) in [5.74, 6) is 0.0750. The second kappa shape index (κ2) is 7.95. The first-order valence-corrected chi connectivity index (χ1v) is 10.8. The van der Waals surface area contributed by atoms with E-state index in [1.807, 2.05) is 37.3 Å². The van der Waals surface area contributed by atoms with Gasteiger partial charge in [0.05, 0.1) is 17.1 Å². The van der Waals surface area contributed by atoms with Gasteiger partial charge in [-0.15, -0.1) is 23.1 Å². The summed E-state index contributed by atoms with van der Waals surface area (Å²) in [5.41, 5.74) is 3.04. The fraction of sp³-hybridized carbons (Fsp3) is 0.150. The third-order valence-corrected chi connectivity index (χ3v) is 6.81. The molecule has 1 aromatic heterocycles. The lowest BCUT2D eigenvalue weighted by molar-refractivity contribution is -0.113. The quantitative estimate of drug-likeness (QED) is 0.612. The van der Waals surface area contributed by atoms with Gasteiger partial charge in [0.1, 0.15) is 0 Å². The zero-order valence-corrected chi connectivity index (χ0v) is 17.3. The lowest BCUT2D eigenvalue weighted by atomic mass is 10.1. The first-order valence-electron chi connectivity index (χ1n) is 8.57. The van der Waals surface area contributed by atoms with Crippen molar-refractivity contribution in [3.63, 3.8) is 0 Å². The molecule has 0 unspecified atom stereocenters. The first-order chi connectivity index (χ1) is 13.5. The molecule has 0 radical (unpaired) electrons. The second-order valence-corrected chi connectivity index (χ2v) is 8.81. The summed E-state index contributed by atoms with van der Waals surface area (Å²) in [4.78, 5) is 30.7. The molecular weight excluding hydrogens is 414 g/mol. The number of nitrogens with one attached hydrogen (secondary N) is 2. The molecule has 2 aromatic carbocycles. The number of fused-ring (bicyclic) bond motifs is 1. The minimum absolute atomic E-state index is 0.0604. The number of carbonyl (C=O) groups excluding carboxylic acids is 2. The Kier molecular flexibility index (Phi) is 5.39. The number of nitrogens with zero attached hydrogens (tertiary/aromatic N) is 1. The average molecular weight is 430 g/mol. The number of rotatable bonds is 4. The third kappa shape index (κ3) is 4.06. The van der Waals surface area contributed by atoms with Gasteiger partial charge in [0.25, 0.3) is 5.91 Å². The van der Waals surface area contributed by atoms with E-state index >= 15 is 0 Å². The van der Waals surface area contributed by atoms with Crippen LogP contribution in [0.5, 0.6) is 0 Å². The van der Waals surface area contributed by atoms with Crippen LogP contribution >= 0.6 is 34.7 Å². The fourth-order valence-electron chi connectivity index (χ4n) is 2.85. The van der Waals surface area contributed by atoms with Crippen LogP contribution in [0.1, 0.15) is 26.5 Å². The van der Waals surface area contributed by atoms with Gasteiger partial charge in [0, 0.05) is 26.8 Å². The van der Waals surface area contributed by atoms with Gasteiger partial charge in [-0.1, -0.05) is 29.8 Å². The molecule has 4 rings (SSSR count). The largest absolute Gasteiger partial charge is 0.324 e. The van der Waals surface area contributed by atoms with Crippen molar-refractivity contribution in [3.8, 4) is 0 Å². The molecule has 0 saturated heterocycles. The van der Waals surface area contributed by atoms with Crippen LogP contribution in [-0.4, -0.2) is 22.6 Å². The van der Waals surface area contributed by atoms with Crippen LogP contribution in [0, 0.1) is 6.92 Å². The van der Waals surface area contributed by atoms with E-state index in [4.69, 9.17) is 11.6 Å². The van der Waals surface area contributed by atoms with Crippen LogP contribution in [0.2, 0.25) is 5.02 Å². The monoisotopic (exact) mass is 429 g/mol. The highest BCUT2D eigenvalue weighted by Gasteiger charge is 2.18.